The van der Waals surface area contributed by atoms with E-state index < -0.39 is 5.91 Å². The molecule has 6 nitrogen and oxygen atoms in total. The molecule has 0 saturated carbocycles. The Kier molecular flexibility index (Phi) is 5.43. The van der Waals surface area contributed by atoms with Gasteiger partial charge in [0.2, 0.25) is 0 Å². The molecule has 0 atom stereocenters. The molecule has 0 radical (unpaired) electrons. The van der Waals surface area contributed by atoms with E-state index in [0.717, 1.165) is 16.9 Å². The number of carbonyl (C=O) groups is 2. The number of thiophene rings is 1. The number of Topliss-reactive ketones (excluding diaryl/α,β-unsaturated/α-hetero) is 1. The summed E-state index contributed by atoms with van der Waals surface area (Å²) in [6, 6.07) is 7.30. The number of carbonyl (C=O) groups excluding carboxylic acids is 2. The van der Waals surface area contributed by atoms with Crippen molar-refractivity contribution in [2.75, 3.05) is 0 Å². The number of rotatable bonds is 6. The number of nitrogens with zero attached hydrogens (tertiary/aromatic N) is 2. The number of ketones is 1. The average molecular weight is 404 g/mol. The minimum Gasteiger partial charge on any atom is -0.365 e. The summed E-state index contributed by atoms with van der Waals surface area (Å²) in [6.45, 7) is 3.40. The third-order valence-corrected chi connectivity index (χ3v) is 5.73. The first-order chi connectivity index (χ1) is 12.8. The van der Waals surface area contributed by atoms with Crippen LogP contribution in [-0.4, -0.2) is 21.2 Å². The van der Waals surface area contributed by atoms with Gasteiger partial charge in [0.1, 0.15) is 16.4 Å². The van der Waals surface area contributed by atoms with Crippen LogP contribution in [0.15, 0.2) is 29.1 Å². The van der Waals surface area contributed by atoms with Gasteiger partial charge in [-0.15, -0.1) is 11.3 Å². The quantitative estimate of drug-likeness (QED) is 0.684. The Labute approximate surface area is 164 Å². The van der Waals surface area contributed by atoms with Gasteiger partial charge < -0.3 is 5.73 Å². The molecule has 0 spiro atoms. The van der Waals surface area contributed by atoms with Gasteiger partial charge in [-0.1, -0.05) is 23.7 Å². The molecule has 1 amide bonds. The number of aromatic nitrogens is 2. The Morgan fingerprint density at radius 1 is 1.33 bits per heavy atom. The Hall–Kier alpha value is -2.51. The molecule has 0 fully saturated rings. The third-order valence-electron chi connectivity index (χ3n) is 4.29. The fraction of sp³-hybridized carbons (Fsp3) is 0.263. The summed E-state index contributed by atoms with van der Waals surface area (Å²) in [5, 5.41) is 0.974. The van der Waals surface area contributed by atoms with Crippen molar-refractivity contribution >= 4 is 44.8 Å². The molecule has 3 aromatic rings. The van der Waals surface area contributed by atoms with Gasteiger partial charge in [-0.25, -0.2) is 4.98 Å². The van der Waals surface area contributed by atoms with E-state index in [1.807, 2.05) is 18.2 Å². The van der Waals surface area contributed by atoms with E-state index in [9.17, 15) is 14.4 Å². The number of amides is 1. The predicted octanol–water partition coefficient (Wildman–Crippen LogP) is 3.09. The van der Waals surface area contributed by atoms with Crippen LogP contribution in [0.5, 0.6) is 0 Å². The van der Waals surface area contributed by atoms with Crippen LogP contribution < -0.4 is 11.3 Å². The molecule has 0 aliphatic carbocycles. The van der Waals surface area contributed by atoms with E-state index in [1.165, 1.54) is 11.5 Å². The maximum atomic E-state index is 13.1. The fourth-order valence-corrected chi connectivity index (χ4v) is 4.21. The summed E-state index contributed by atoms with van der Waals surface area (Å²) in [7, 11) is 0. The highest BCUT2D eigenvalue weighted by atomic mass is 35.5. The first kappa shape index (κ1) is 19.3. The van der Waals surface area contributed by atoms with Gasteiger partial charge in [0.15, 0.2) is 0 Å². The van der Waals surface area contributed by atoms with Crippen molar-refractivity contribution in [1.29, 1.82) is 0 Å². The van der Waals surface area contributed by atoms with Gasteiger partial charge in [-0.3, -0.25) is 19.0 Å². The molecular weight excluding hydrogens is 386 g/mol. The lowest BCUT2D eigenvalue weighted by atomic mass is 10.1. The van der Waals surface area contributed by atoms with Gasteiger partial charge in [0.05, 0.1) is 10.3 Å². The lowest BCUT2D eigenvalue weighted by Crippen LogP contribution is -2.26. The smallest absolute Gasteiger partial charge is 0.262 e. The topological polar surface area (TPSA) is 95.0 Å². The number of aryl methyl sites for hydroxylation is 1. The van der Waals surface area contributed by atoms with Crippen LogP contribution >= 0.6 is 22.9 Å². The highest BCUT2D eigenvalue weighted by molar-refractivity contribution is 7.20. The number of primary amides is 1. The third kappa shape index (κ3) is 3.94. The molecule has 0 saturated heterocycles. The van der Waals surface area contributed by atoms with Crippen molar-refractivity contribution < 1.29 is 9.59 Å². The highest BCUT2D eigenvalue weighted by Gasteiger charge is 2.20. The van der Waals surface area contributed by atoms with E-state index in [4.69, 9.17) is 17.3 Å². The number of hydrogen-bond acceptors (Lipinski definition) is 5. The zero-order valence-electron chi connectivity index (χ0n) is 14.9. The predicted molar refractivity (Wildman–Crippen MR) is 107 cm³/mol. The van der Waals surface area contributed by atoms with Crippen molar-refractivity contribution in [3.05, 3.63) is 61.5 Å². The molecule has 3 rings (SSSR count). The molecule has 2 aromatic heterocycles. The van der Waals surface area contributed by atoms with Gasteiger partial charge in [-0.2, -0.15) is 0 Å². The molecule has 8 heteroatoms. The normalized spacial score (nSPS) is 11.1. The van der Waals surface area contributed by atoms with Crippen LogP contribution in [0.2, 0.25) is 5.02 Å². The largest absolute Gasteiger partial charge is 0.365 e. The van der Waals surface area contributed by atoms with E-state index in [2.05, 4.69) is 4.98 Å². The summed E-state index contributed by atoms with van der Waals surface area (Å²) in [4.78, 5) is 41.6. The van der Waals surface area contributed by atoms with Gasteiger partial charge in [0.25, 0.3) is 11.5 Å². The molecule has 2 heterocycles. The Bertz CT molecular complexity index is 1120. The first-order valence-corrected chi connectivity index (χ1v) is 9.54. The van der Waals surface area contributed by atoms with Crippen molar-refractivity contribution in [1.82, 2.24) is 9.55 Å². The van der Waals surface area contributed by atoms with Crippen LogP contribution in [0.3, 0.4) is 0 Å². The molecule has 27 heavy (non-hydrogen) atoms. The summed E-state index contributed by atoms with van der Waals surface area (Å²) in [6.07, 6.45) is 0.605. The zero-order valence-corrected chi connectivity index (χ0v) is 16.5. The van der Waals surface area contributed by atoms with Crippen molar-refractivity contribution in [3.63, 3.8) is 0 Å². The zero-order chi connectivity index (χ0) is 19.7. The summed E-state index contributed by atoms with van der Waals surface area (Å²) in [5.41, 5.74) is 6.58. The van der Waals surface area contributed by atoms with Crippen LogP contribution in [0.25, 0.3) is 10.2 Å². The maximum Gasteiger partial charge on any atom is 0.262 e. The van der Waals surface area contributed by atoms with Gasteiger partial charge in [0, 0.05) is 24.4 Å². The van der Waals surface area contributed by atoms with Crippen molar-refractivity contribution in [2.24, 2.45) is 5.73 Å². The standard InChI is InChI=1S/C19H18ClN3O3S/c1-10(24)6-7-23-14(9-12-4-3-5-13(20)8-12)22-18-15(19(23)26)11(2)16(27-18)17(21)25/h3-5,8H,6-7,9H2,1-2H3,(H2,21,25). The number of nitrogens with two attached hydrogens (primary N) is 1. The Morgan fingerprint density at radius 3 is 2.70 bits per heavy atom. The average Bonchev–Trinajstić information content (AvgIpc) is 2.91. The monoisotopic (exact) mass is 403 g/mol. The fourth-order valence-electron chi connectivity index (χ4n) is 2.96. The minimum atomic E-state index is -0.582. The molecule has 2 N–H and O–H groups in total. The SMILES string of the molecule is CC(=O)CCn1c(Cc2cccc(Cl)c2)nc2sc(C(N)=O)c(C)c2c1=O. The summed E-state index contributed by atoms with van der Waals surface area (Å²) >= 11 is 7.17. The van der Waals surface area contributed by atoms with Crippen LogP contribution in [0.1, 0.15) is 40.0 Å². The lowest BCUT2D eigenvalue weighted by molar-refractivity contribution is -0.117. The molecule has 0 aliphatic heterocycles. The molecule has 0 aliphatic rings. The van der Waals surface area contributed by atoms with E-state index >= 15 is 0 Å². The Morgan fingerprint density at radius 2 is 2.07 bits per heavy atom. The van der Waals surface area contributed by atoms with E-state index in [0.29, 0.717) is 37.9 Å². The lowest BCUT2D eigenvalue weighted by Gasteiger charge is -2.12. The molecule has 0 bridgehead atoms. The summed E-state index contributed by atoms with van der Waals surface area (Å²) in [5.74, 6) is -0.0783. The van der Waals surface area contributed by atoms with Crippen LogP contribution in [0, 0.1) is 6.92 Å². The Balaban J connectivity index is 2.20. The van der Waals surface area contributed by atoms with E-state index in [1.54, 1.807) is 13.0 Å². The number of benzene rings is 1. The van der Waals surface area contributed by atoms with Crippen LogP contribution in [0.4, 0.5) is 0 Å². The number of halogens is 1. The molecular formula is C19H18ClN3O3S. The maximum absolute atomic E-state index is 13.1. The highest BCUT2D eigenvalue weighted by Crippen LogP contribution is 2.27. The molecule has 140 valence electrons. The second kappa shape index (κ2) is 7.62. The minimum absolute atomic E-state index is 0.0180. The second-order valence-electron chi connectivity index (χ2n) is 6.34. The van der Waals surface area contributed by atoms with Crippen molar-refractivity contribution in [2.45, 2.75) is 33.2 Å². The number of fused-ring (bicyclic) bond motifs is 1. The van der Waals surface area contributed by atoms with Crippen LogP contribution in [-0.2, 0) is 17.8 Å². The summed E-state index contributed by atoms with van der Waals surface area (Å²) < 4.78 is 1.51. The second-order valence-corrected chi connectivity index (χ2v) is 7.78. The van der Waals surface area contributed by atoms with Gasteiger partial charge >= 0.3 is 0 Å². The number of hydrogen-bond donors (Lipinski definition) is 1. The van der Waals surface area contributed by atoms with E-state index in [-0.39, 0.29) is 24.3 Å². The molecule has 1 aromatic carbocycles. The first-order valence-electron chi connectivity index (χ1n) is 8.34. The van der Waals surface area contributed by atoms with Gasteiger partial charge in [-0.05, 0) is 37.1 Å². The molecule has 0 unspecified atom stereocenters. The van der Waals surface area contributed by atoms with Crippen molar-refractivity contribution in [3.8, 4) is 0 Å².